The Morgan fingerprint density at radius 2 is 2.09 bits per heavy atom. The quantitative estimate of drug-likeness (QED) is 0.497. The molecular formula is C17H20N2O2S. The third-order valence-corrected chi connectivity index (χ3v) is 3.76. The van der Waals surface area contributed by atoms with Crippen LogP contribution in [0.15, 0.2) is 48.2 Å². The van der Waals surface area contributed by atoms with E-state index in [1.807, 2.05) is 19.1 Å². The van der Waals surface area contributed by atoms with Gasteiger partial charge in [-0.15, -0.1) is 0 Å². The topological polar surface area (TPSA) is 50.4 Å². The van der Waals surface area contributed by atoms with Crippen molar-refractivity contribution in [3.05, 3.63) is 59.3 Å². The Kier molecular flexibility index (Phi) is 5.33. The molecule has 2 rings (SSSR count). The van der Waals surface area contributed by atoms with Crippen molar-refractivity contribution in [2.45, 2.75) is 26.3 Å². The molecule has 0 aromatic heterocycles. The van der Waals surface area contributed by atoms with Crippen molar-refractivity contribution in [3.8, 4) is 0 Å². The number of carbonyl (C=O) groups excluding carboxylic acids is 1. The number of ether oxygens (including phenoxy) is 1. The first kappa shape index (κ1) is 16.2. The number of esters is 1. The summed E-state index contributed by atoms with van der Waals surface area (Å²) >= 11 is 5.21. The molecule has 0 spiro atoms. The fourth-order valence-electron chi connectivity index (χ4n) is 2.37. The van der Waals surface area contributed by atoms with Gasteiger partial charge in [0.05, 0.1) is 11.6 Å². The summed E-state index contributed by atoms with van der Waals surface area (Å²) in [6.45, 7) is 7.67. The fraction of sp³-hybridized carbons (Fsp3) is 0.294. The highest BCUT2D eigenvalue weighted by molar-refractivity contribution is 7.80. The van der Waals surface area contributed by atoms with Gasteiger partial charge in [-0.2, -0.15) is 0 Å². The molecule has 1 aliphatic rings. The molecule has 1 aromatic rings. The molecule has 0 fully saturated rings. The molecule has 0 saturated carbocycles. The van der Waals surface area contributed by atoms with Crippen LogP contribution in [0.25, 0.3) is 0 Å². The maximum atomic E-state index is 12.3. The maximum Gasteiger partial charge on any atom is 0.338 e. The van der Waals surface area contributed by atoms with Gasteiger partial charge in [0.25, 0.3) is 0 Å². The van der Waals surface area contributed by atoms with Gasteiger partial charge in [-0.1, -0.05) is 43.8 Å². The average Bonchev–Trinajstić information content (AvgIpc) is 2.52. The van der Waals surface area contributed by atoms with Crippen LogP contribution in [0.3, 0.4) is 0 Å². The lowest BCUT2D eigenvalue weighted by molar-refractivity contribution is -0.138. The summed E-state index contributed by atoms with van der Waals surface area (Å²) in [6, 6.07) is 7.84. The van der Waals surface area contributed by atoms with Crippen molar-refractivity contribution in [1.29, 1.82) is 0 Å². The van der Waals surface area contributed by atoms with Crippen molar-refractivity contribution >= 4 is 23.3 Å². The number of allylic oxidation sites excluding steroid dienone is 1. The molecule has 0 aliphatic carbocycles. The van der Waals surface area contributed by atoms with Gasteiger partial charge in [0.2, 0.25) is 0 Å². The van der Waals surface area contributed by atoms with Crippen LogP contribution in [0, 0.1) is 0 Å². The molecule has 1 atom stereocenters. The number of carbonyl (C=O) groups is 1. The lowest BCUT2D eigenvalue weighted by Crippen LogP contribution is -2.45. The molecule has 1 heterocycles. The van der Waals surface area contributed by atoms with Crippen LogP contribution < -0.4 is 10.6 Å². The summed E-state index contributed by atoms with van der Waals surface area (Å²) in [5, 5.41) is 6.63. The zero-order chi connectivity index (χ0) is 16.1. The smallest absolute Gasteiger partial charge is 0.338 e. The Labute approximate surface area is 136 Å². The molecule has 0 bridgehead atoms. The minimum atomic E-state index is -0.371. The van der Waals surface area contributed by atoms with Gasteiger partial charge in [0, 0.05) is 5.70 Å². The zero-order valence-corrected chi connectivity index (χ0v) is 13.6. The van der Waals surface area contributed by atoms with E-state index in [2.05, 4.69) is 36.3 Å². The lowest BCUT2D eigenvalue weighted by Gasteiger charge is -2.29. The predicted octanol–water partition coefficient (Wildman–Crippen LogP) is 2.77. The van der Waals surface area contributed by atoms with Crippen LogP contribution in [-0.4, -0.2) is 17.7 Å². The van der Waals surface area contributed by atoms with Crippen molar-refractivity contribution in [2.24, 2.45) is 0 Å². The number of hydrogen-bond donors (Lipinski definition) is 2. The van der Waals surface area contributed by atoms with E-state index in [4.69, 9.17) is 17.0 Å². The van der Waals surface area contributed by atoms with E-state index in [1.54, 1.807) is 6.08 Å². The predicted molar refractivity (Wildman–Crippen MR) is 91.3 cm³/mol. The molecular weight excluding hydrogens is 296 g/mol. The second-order valence-electron chi connectivity index (χ2n) is 5.05. The van der Waals surface area contributed by atoms with Gasteiger partial charge in [-0.3, -0.25) is 0 Å². The number of benzene rings is 1. The molecule has 1 aliphatic heterocycles. The molecule has 1 aromatic carbocycles. The second-order valence-corrected chi connectivity index (χ2v) is 5.46. The molecule has 0 amide bonds. The highest BCUT2D eigenvalue weighted by Gasteiger charge is 2.30. The van der Waals surface area contributed by atoms with Crippen molar-refractivity contribution < 1.29 is 9.53 Å². The Hall–Kier alpha value is -2.14. The van der Waals surface area contributed by atoms with Gasteiger partial charge < -0.3 is 15.4 Å². The van der Waals surface area contributed by atoms with Gasteiger partial charge >= 0.3 is 5.97 Å². The Morgan fingerprint density at radius 3 is 2.68 bits per heavy atom. The van der Waals surface area contributed by atoms with Gasteiger partial charge in [-0.25, -0.2) is 4.79 Å². The minimum Gasteiger partial charge on any atom is -0.458 e. The monoisotopic (exact) mass is 316 g/mol. The van der Waals surface area contributed by atoms with Crippen LogP contribution in [0.1, 0.15) is 31.0 Å². The number of aryl methyl sites for hydroxylation is 1. The molecule has 0 saturated heterocycles. The highest BCUT2D eigenvalue weighted by atomic mass is 32.1. The standard InChI is InChI=1S/C17H20N2O2S/c1-4-10-21-16(20)14-11(3)18-17(22)19-15(14)13-8-6-12(5-2)7-9-13/h4,6-9,15H,1,5,10H2,2-3H3,(H2,18,19,22)/t15-/m1/s1. The highest BCUT2D eigenvalue weighted by Crippen LogP contribution is 2.27. The van der Waals surface area contributed by atoms with E-state index in [-0.39, 0.29) is 18.6 Å². The SMILES string of the molecule is C=CCOC(=O)C1=C(C)NC(=S)N[C@@H]1c1ccc(CC)cc1. The van der Waals surface area contributed by atoms with Crippen LogP contribution in [0.4, 0.5) is 0 Å². The lowest BCUT2D eigenvalue weighted by atomic mass is 9.94. The van der Waals surface area contributed by atoms with E-state index in [9.17, 15) is 4.79 Å². The summed E-state index contributed by atoms with van der Waals surface area (Å²) in [7, 11) is 0. The van der Waals surface area contributed by atoms with Gasteiger partial charge in [0.15, 0.2) is 5.11 Å². The Bertz CT molecular complexity index is 620. The second kappa shape index (κ2) is 7.22. The molecule has 2 N–H and O–H groups in total. The van der Waals surface area contributed by atoms with E-state index >= 15 is 0 Å². The zero-order valence-electron chi connectivity index (χ0n) is 12.8. The largest absolute Gasteiger partial charge is 0.458 e. The fourth-order valence-corrected chi connectivity index (χ4v) is 2.64. The van der Waals surface area contributed by atoms with Crippen LogP contribution in [-0.2, 0) is 16.0 Å². The first-order valence-corrected chi connectivity index (χ1v) is 7.62. The first-order chi connectivity index (χ1) is 10.6. The molecule has 116 valence electrons. The molecule has 5 heteroatoms. The molecule has 4 nitrogen and oxygen atoms in total. The van der Waals surface area contributed by atoms with Crippen molar-refractivity contribution in [2.75, 3.05) is 6.61 Å². The normalized spacial score (nSPS) is 17.5. The third kappa shape index (κ3) is 3.54. The Balaban J connectivity index is 2.36. The maximum absolute atomic E-state index is 12.3. The van der Waals surface area contributed by atoms with Crippen molar-refractivity contribution in [1.82, 2.24) is 10.6 Å². The molecule has 0 unspecified atom stereocenters. The summed E-state index contributed by atoms with van der Waals surface area (Å²) in [5.74, 6) is -0.371. The van der Waals surface area contributed by atoms with E-state index < -0.39 is 0 Å². The first-order valence-electron chi connectivity index (χ1n) is 7.22. The number of nitrogens with one attached hydrogen (secondary N) is 2. The molecule has 22 heavy (non-hydrogen) atoms. The van der Waals surface area contributed by atoms with Crippen molar-refractivity contribution in [3.63, 3.8) is 0 Å². The average molecular weight is 316 g/mol. The van der Waals surface area contributed by atoms with E-state index in [0.29, 0.717) is 16.4 Å². The van der Waals surface area contributed by atoms with Gasteiger partial charge in [-0.05, 0) is 36.7 Å². The van der Waals surface area contributed by atoms with E-state index in [1.165, 1.54) is 5.56 Å². The minimum absolute atomic E-state index is 0.182. The number of thiocarbonyl (C=S) groups is 1. The van der Waals surface area contributed by atoms with Crippen LogP contribution in [0.2, 0.25) is 0 Å². The summed E-state index contributed by atoms with van der Waals surface area (Å²) in [5.41, 5.74) is 3.48. The van der Waals surface area contributed by atoms with Crippen LogP contribution >= 0.6 is 12.2 Å². The Morgan fingerprint density at radius 1 is 1.41 bits per heavy atom. The summed E-state index contributed by atoms with van der Waals surface area (Å²) in [6.07, 6.45) is 2.52. The van der Waals surface area contributed by atoms with Crippen LogP contribution in [0.5, 0.6) is 0 Å². The third-order valence-electron chi connectivity index (χ3n) is 3.54. The summed E-state index contributed by atoms with van der Waals surface area (Å²) < 4.78 is 5.19. The van der Waals surface area contributed by atoms with Gasteiger partial charge in [0.1, 0.15) is 6.61 Å². The number of hydrogen-bond acceptors (Lipinski definition) is 3. The summed E-state index contributed by atoms with van der Waals surface area (Å²) in [4.78, 5) is 12.3. The molecule has 0 radical (unpaired) electrons. The number of rotatable bonds is 5. The van der Waals surface area contributed by atoms with E-state index in [0.717, 1.165) is 12.0 Å².